The predicted molar refractivity (Wildman–Crippen MR) is 121 cm³/mol. The molecule has 0 unspecified atom stereocenters. The number of piperazine rings is 1. The lowest BCUT2D eigenvalue weighted by Crippen LogP contribution is -2.48. The van der Waals surface area contributed by atoms with Crippen molar-refractivity contribution in [3.05, 3.63) is 24.3 Å². The number of hydrogen-bond acceptors (Lipinski definition) is 5. The molecule has 3 atom stereocenters. The van der Waals surface area contributed by atoms with Gasteiger partial charge in [0.05, 0.1) is 25.5 Å². The molecule has 3 rings (SSSR count). The first-order valence-corrected chi connectivity index (χ1v) is 11.3. The lowest BCUT2D eigenvalue weighted by molar-refractivity contribution is -0.0237. The highest BCUT2D eigenvalue weighted by atomic mass is 32.1. The number of para-hydroxylation sites is 2. The van der Waals surface area contributed by atoms with Crippen molar-refractivity contribution in [2.75, 3.05) is 51.3 Å². The zero-order valence-corrected chi connectivity index (χ0v) is 19.0. The van der Waals surface area contributed by atoms with Gasteiger partial charge in [0.15, 0.2) is 0 Å². The normalized spacial score (nSPS) is 26.8. The highest BCUT2D eigenvalue weighted by Gasteiger charge is 2.32. The molecule has 1 saturated carbocycles. The van der Waals surface area contributed by atoms with Crippen LogP contribution in [-0.4, -0.2) is 62.7 Å². The molecule has 0 radical (unpaired) electrons. The minimum atomic E-state index is 0.276. The van der Waals surface area contributed by atoms with Crippen LogP contribution in [0.1, 0.15) is 40.0 Å². The summed E-state index contributed by atoms with van der Waals surface area (Å²) in [5.74, 6) is 1.72. The number of methoxy groups -OCH3 is 1. The van der Waals surface area contributed by atoms with E-state index in [0.717, 1.165) is 51.0 Å². The minimum Gasteiger partial charge on any atom is -0.495 e. The van der Waals surface area contributed by atoms with Crippen LogP contribution in [0, 0.1) is 11.3 Å². The molecule has 0 spiro atoms. The molecule has 1 aromatic rings. The summed E-state index contributed by atoms with van der Waals surface area (Å²) in [6.45, 7) is 13.0. The molecule has 1 saturated heterocycles. The van der Waals surface area contributed by atoms with Crippen LogP contribution in [0.2, 0.25) is 0 Å². The van der Waals surface area contributed by atoms with Crippen molar-refractivity contribution in [1.29, 1.82) is 0 Å². The molecule has 1 aliphatic carbocycles. The van der Waals surface area contributed by atoms with Crippen LogP contribution in [0.4, 0.5) is 5.69 Å². The van der Waals surface area contributed by atoms with E-state index < -0.39 is 0 Å². The summed E-state index contributed by atoms with van der Waals surface area (Å²) < 4.78 is 11.8. The summed E-state index contributed by atoms with van der Waals surface area (Å²) in [6.07, 6.45) is 4.08. The van der Waals surface area contributed by atoms with E-state index in [1.54, 1.807) is 7.11 Å². The Labute approximate surface area is 177 Å². The molecular weight excluding hydrogens is 368 g/mol. The van der Waals surface area contributed by atoms with Gasteiger partial charge in [0.25, 0.3) is 0 Å². The second-order valence-electron chi connectivity index (χ2n) is 9.48. The highest BCUT2D eigenvalue weighted by Crippen LogP contribution is 2.39. The molecule has 0 aromatic heterocycles. The molecule has 2 aliphatic rings. The second-order valence-corrected chi connectivity index (χ2v) is 10.2. The van der Waals surface area contributed by atoms with Crippen molar-refractivity contribution in [2.24, 2.45) is 11.3 Å². The Bertz CT molecular complexity index is 616. The van der Waals surface area contributed by atoms with Crippen LogP contribution in [0.3, 0.4) is 0 Å². The van der Waals surface area contributed by atoms with Gasteiger partial charge in [-0.3, -0.25) is 4.90 Å². The summed E-state index contributed by atoms with van der Waals surface area (Å²) in [6, 6.07) is 8.30. The van der Waals surface area contributed by atoms with Crippen molar-refractivity contribution in [1.82, 2.24) is 4.90 Å². The van der Waals surface area contributed by atoms with Crippen molar-refractivity contribution in [3.63, 3.8) is 0 Å². The first-order chi connectivity index (χ1) is 13.4. The van der Waals surface area contributed by atoms with Crippen LogP contribution >= 0.6 is 12.6 Å². The second kappa shape index (κ2) is 9.73. The fraction of sp³-hybridized carbons (Fsp3) is 0.739. The molecule has 1 aromatic carbocycles. The average Bonchev–Trinajstić information content (AvgIpc) is 2.65. The Morgan fingerprint density at radius 2 is 1.86 bits per heavy atom. The van der Waals surface area contributed by atoms with Gasteiger partial charge in [-0.15, -0.1) is 0 Å². The Balaban J connectivity index is 1.41. The first-order valence-electron chi connectivity index (χ1n) is 10.8. The summed E-state index contributed by atoms with van der Waals surface area (Å²) in [4.78, 5) is 4.94. The van der Waals surface area contributed by atoms with Crippen molar-refractivity contribution < 1.29 is 9.47 Å². The summed E-state index contributed by atoms with van der Waals surface area (Å²) >= 11 is 4.83. The van der Waals surface area contributed by atoms with Crippen molar-refractivity contribution in [2.45, 2.75) is 51.4 Å². The maximum Gasteiger partial charge on any atom is 0.142 e. The quantitative estimate of drug-likeness (QED) is 0.681. The smallest absolute Gasteiger partial charge is 0.142 e. The third kappa shape index (κ3) is 6.04. The molecule has 1 heterocycles. The molecule has 2 fully saturated rings. The van der Waals surface area contributed by atoms with Crippen LogP contribution < -0.4 is 9.64 Å². The van der Waals surface area contributed by atoms with E-state index in [1.807, 2.05) is 12.1 Å². The average molecular weight is 407 g/mol. The van der Waals surface area contributed by atoms with Gasteiger partial charge >= 0.3 is 0 Å². The summed E-state index contributed by atoms with van der Waals surface area (Å²) in [7, 11) is 1.74. The van der Waals surface area contributed by atoms with Gasteiger partial charge in [-0.25, -0.2) is 0 Å². The molecule has 158 valence electrons. The molecular formula is C23H38N2O2S. The van der Waals surface area contributed by atoms with Gasteiger partial charge in [0.1, 0.15) is 5.75 Å². The topological polar surface area (TPSA) is 24.9 Å². The largest absolute Gasteiger partial charge is 0.495 e. The molecule has 4 nitrogen and oxygen atoms in total. The molecule has 0 amide bonds. The third-order valence-corrected chi connectivity index (χ3v) is 6.45. The zero-order valence-electron chi connectivity index (χ0n) is 18.1. The summed E-state index contributed by atoms with van der Waals surface area (Å²) in [5.41, 5.74) is 1.60. The van der Waals surface area contributed by atoms with Gasteiger partial charge in [-0.2, -0.15) is 12.6 Å². The number of hydrogen-bond donors (Lipinski definition) is 1. The number of rotatable bonds is 7. The fourth-order valence-electron chi connectivity index (χ4n) is 5.05. The van der Waals surface area contributed by atoms with Gasteiger partial charge < -0.3 is 14.4 Å². The highest BCUT2D eigenvalue weighted by molar-refractivity contribution is 7.81. The Morgan fingerprint density at radius 1 is 1.14 bits per heavy atom. The van der Waals surface area contributed by atoms with E-state index in [-0.39, 0.29) is 5.25 Å². The molecule has 1 aliphatic heterocycles. The van der Waals surface area contributed by atoms with E-state index >= 15 is 0 Å². The number of nitrogens with zero attached hydrogens (tertiary/aromatic N) is 2. The van der Waals surface area contributed by atoms with Gasteiger partial charge in [-0.1, -0.05) is 32.9 Å². The first kappa shape index (κ1) is 21.8. The maximum atomic E-state index is 6.28. The molecule has 5 heteroatoms. The van der Waals surface area contributed by atoms with Gasteiger partial charge in [0.2, 0.25) is 0 Å². The van der Waals surface area contributed by atoms with Crippen molar-refractivity contribution >= 4 is 18.3 Å². The lowest BCUT2D eigenvalue weighted by atomic mass is 9.71. The van der Waals surface area contributed by atoms with Crippen LogP contribution in [0.25, 0.3) is 0 Å². The molecule has 28 heavy (non-hydrogen) atoms. The van der Waals surface area contributed by atoms with Crippen LogP contribution in [-0.2, 0) is 4.74 Å². The summed E-state index contributed by atoms with van der Waals surface area (Å²) in [5, 5.41) is 0.276. The Kier molecular flexibility index (Phi) is 7.57. The van der Waals surface area contributed by atoms with E-state index in [0.29, 0.717) is 11.5 Å². The van der Waals surface area contributed by atoms with Gasteiger partial charge in [-0.05, 0) is 42.7 Å². The third-order valence-electron chi connectivity index (χ3n) is 6.14. The molecule has 0 bridgehead atoms. The van der Waals surface area contributed by atoms with Gasteiger partial charge in [0, 0.05) is 38.0 Å². The standard InChI is InChI=1S/C23H38N2O2S/c1-18-13-19(15-23(2,3)14-18)27-17-20(28)16-24-9-11-25(12-10-24)21-7-5-6-8-22(21)26-4/h5-8,18-20,28H,9-17H2,1-4H3/t18-,19+,20-/m1/s1. The van der Waals surface area contributed by atoms with E-state index in [2.05, 4.69) is 42.7 Å². The van der Waals surface area contributed by atoms with E-state index in [4.69, 9.17) is 22.1 Å². The minimum absolute atomic E-state index is 0.276. The van der Waals surface area contributed by atoms with Crippen molar-refractivity contribution in [3.8, 4) is 5.75 Å². The fourth-order valence-corrected chi connectivity index (χ4v) is 5.36. The van der Waals surface area contributed by atoms with E-state index in [1.165, 1.54) is 24.9 Å². The number of anilines is 1. The van der Waals surface area contributed by atoms with E-state index in [9.17, 15) is 0 Å². The maximum absolute atomic E-state index is 6.28. The Morgan fingerprint density at radius 3 is 2.54 bits per heavy atom. The predicted octanol–water partition coefficient (Wildman–Crippen LogP) is 4.35. The number of ether oxygens (including phenoxy) is 2. The zero-order chi connectivity index (χ0) is 20.1. The molecule has 0 N–H and O–H groups in total. The number of benzene rings is 1. The lowest BCUT2D eigenvalue weighted by Gasteiger charge is -2.39. The SMILES string of the molecule is COc1ccccc1N1CCN(C[C@@H](S)CO[C@H]2C[C@@H](C)CC(C)(C)C2)CC1. The van der Waals surface area contributed by atoms with Crippen LogP contribution in [0.15, 0.2) is 24.3 Å². The Hall–Kier alpha value is -0.910. The monoisotopic (exact) mass is 406 g/mol. The van der Waals surface area contributed by atoms with Crippen LogP contribution in [0.5, 0.6) is 5.75 Å². The number of thiol groups is 1.